The fourth-order valence-corrected chi connectivity index (χ4v) is 3.35. The van der Waals surface area contributed by atoms with Gasteiger partial charge in [0.05, 0.1) is 0 Å². The van der Waals surface area contributed by atoms with Crippen LogP contribution in [0.25, 0.3) is 0 Å². The molecule has 0 nitrogen and oxygen atoms in total. The number of rotatable bonds is 4. The van der Waals surface area contributed by atoms with Gasteiger partial charge in [-0.15, -0.1) is 0 Å². The molecule has 0 saturated carbocycles. The Morgan fingerprint density at radius 1 is 1.36 bits per heavy atom. The Morgan fingerprint density at radius 2 is 1.91 bits per heavy atom. The molecule has 0 atom stereocenters. The summed E-state index contributed by atoms with van der Waals surface area (Å²) >= 11 is -1.71. The topological polar surface area (TPSA) is 0 Å². The molecule has 0 aliphatic heterocycles. The molecule has 0 rings (SSSR count). The van der Waals surface area contributed by atoms with Crippen LogP contribution >= 0.6 is 0 Å². The Hall–Kier alpha value is 0.279. The maximum atomic E-state index is 4.16. The molecule has 0 fully saturated rings. The third-order valence-corrected chi connectivity index (χ3v) is 8.68. The summed E-state index contributed by atoms with van der Waals surface area (Å²) in [5, 5.41) is 0. The molecule has 0 aromatic carbocycles. The molecule has 0 radical (unpaired) electrons. The van der Waals surface area contributed by atoms with Gasteiger partial charge in [0.1, 0.15) is 0 Å². The van der Waals surface area contributed by atoms with Gasteiger partial charge in [0.15, 0.2) is 0 Å². The van der Waals surface area contributed by atoms with Gasteiger partial charge >= 0.3 is 75.3 Å². The van der Waals surface area contributed by atoms with E-state index in [9.17, 15) is 0 Å². The molecule has 0 spiro atoms. The van der Waals surface area contributed by atoms with Gasteiger partial charge in [-0.2, -0.15) is 0 Å². The zero-order valence-corrected chi connectivity index (χ0v) is 11.1. The molecule has 0 amide bonds. The van der Waals surface area contributed by atoms with E-state index in [-0.39, 0.29) is 0 Å². The second-order valence-corrected chi connectivity index (χ2v) is 18.8. The zero-order chi connectivity index (χ0) is 8.91. The fraction of sp³-hybridized carbons (Fsp3) is 0.600. The third kappa shape index (κ3) is 5.54. The van der Waals surface area contributed by atoms with Gasteiger partial charge in [0.25, 0.3) is 0 Å². The summed E-state index contributed by atoms with van der Waals surface area (Å²) in [5.74, 6) is 0. The van der Waals surface area contributed by atoms with Crippen molar-refractivity contribution in [2.24, 2.45) is 0 Å². The van der Waals surface area contributed by atoms with E-state index >= 15 is 0 Å². The average molecular weight is 259 g/mol. The van der Waals surface area contributed by atoms with Crippen LogP contribution < -0.4 is 0 Å². The van der Waals surface area contributed by atoms with Crippen LogP contribution in [0.1, 0.15) is 19.8 Å². The van der Waals surface area contributed by atoms with Crippen molar-refractivity contribution in [3.05, 3.63) is 22.3 Å². The van der Waals surface area contributed by atoms with E-state index in [1.165, 1.54) is 12.8 Å². The van der Waals surface area contributed by atoms with E-state index in [4.69, 9.17) is 0 Å². The molecule has 0 aliphatic carbocycles. The van der Waals surface area contributed by atoms with Gasteiger partial charge in [-0.1, -0.05) is 0 Å². The summed E-state index contributed by atoms with van der Waals surface area (Å²) in [6, 6.07) is 0. The first kappa shape index (κ1) is 11.3. The van der Waals surface area contributed by atoms with Gasteiger partial charge in [-0.3, -0.25) is 0 Å². The Bertz CT molecular complexity index is 149. The van der Waals surface area contributed by atoms with E-state index in [2.05, 4.69) is 40.5 Å². The molecule has 1 heteroatoms. The van der Waals surface area contributed by atoms with Crippen LogP contribution in [0.15, 0.2) is 22.3 Å². The molecule has 0 unspecified atom stereocenters. The molecule has 11 heavy (non-hydrogen) atoms. The van der Waals surface area contributed by atoms with Crippen molar-refractivity contribution >= 4 is 18.4 Å². The van der Waals surface area contributed by atoms with Gasteiger partial charge in [0, 0.05) is 0 Å². The molecule has 0 heterocycles. The normalized spacial score (nSPS) is 12.4. The molecule has 0 aliphatic rings. The van der Waals surface area contributed by atoms with Crippen LogP contribution in [0, 0.1) is 0 Å². The summed E-state index contributed by atoms with van der Waals surface area (Å²) in [6.07, 6.45) is 6.74. The van der Waals surface area contributed by atoms with E-state index in [1.807, 2.05) is 0 Å². The van der Waals surface area contributed by atoms with E-state index in [0.29, 0.717) is 0 Å². The monoisotopic (exact) mass is 260 g/mol. The van der Waals surface area contributed by atoms with Gasteiger partial charge in [0.2, 0.25) is 0 Å². The van der Waals surface area contributed by atoms with Crippen LogP contribution in [0.3, 0.4) is 0 Å². The minimum atomic E-state index is -1.71. The SMILES string of the molecule is C=[C](CC/C=C/C)[Sn]([CH3])([CH3])[CH3]. The first-order valence-corrected chi connectivity index (χ1v) is 14.3. The summed E-state index contributed by atoms with van der Waals surface area (Å²) in [5.41, 5.74) is 0. The van der Waals surface area contributed by atoms with Crippen molar-refractivity contribution in [3.63, 3.8) is 0 Å². The Kier molecular flexibility index (Phi) is 5.15. The second kappa shape index (κ2) is 5.02. The standard InChI is InChI=1S/C7H11.3CH3.Sn/c1-3-5-7-6-4-2;;;;/h4,6H,1,5,7H2,2H3;3*1H3;/b6-4+;;;;. The Balaban J connectivity index is 3.71. The average Bonchev–Trinajstić information content (AvgIpc) is 1.86. The summed E-state index contributed by atoms with van der Waals surface area (Å²) in [6.45, 7) is 6.23. The van der Waals surface area contributed by atoms with Crippen molar-refractivity contribution in [2.75, 3.05) is 0 Å². The summed E-state index contributed by atoms with van der Waals surface area (Å²) in [7, 11) is 0. The minimum absolute atomic E-state index is 1.18. The predicted octanol–water partition coefficient (Wildman–Crippen LogP) is 3.78. The molecule has 0 aromatic heterocycles. The van der Waals surface area contributed by atoms with Crippen LogP contribution in [-0.4, -0.2) is 18.4 Å². The molecule has 0 bridgehead atoms. The van der Waals surface area contributed by atoms with Crippen molar-refractivity contribution < 1.29 is 0 Å². The summed E-state index contributed by atoms with van der Waals surface area (Å²) in [4.78, 5) is 7.27. The molecule has 0 N–H and O–H groups in total. The van der Waals surface area contributed by atoms with E-state index in [1.54, 1.807) is 3.59 Å². The molecular formula is C10H20Sn. The van der Waals surface area contributed by atoms with Crippen molar-refractivity contribution in [3.8, 4) is 0 Å². The first-order valence-electron chi connectivity index (χ1n) is 4.28. The number of hydrogen-bond donors (Lipinski definition) is 0. The van der Waals surface area contributed by atoms with Gasteiger partial charge in [-0.25, -0.2) is 0 Å². The first-order chi connectivity index (χ1) is 4.98. The Labute approximate surface area is 75.3 Å². The number of allylic oxidation sites excluding steroid dienone is 3. The van der Waals surface area contributed by atoms with Crippen LogP contribution in [-0.2, 0) is 0 Å². The van der Waals surface area contributed by atoms with Crippen LogP contribution in [0.5, 0.6) is 0 Å². The predicted molar refractivity (Wildman–Crippen MR) is 56.5 cm³/mol. The zero-order valence-electron chi connectivity index (χ0n) is 8.28. The van der Waals surface area contributed by atoms with Crippen molar-refractivity contribution in [1.82, 2.24) is 0 Å². The molecule has 64 valence electrons. The third-order valence-electron chi connectivity index (χ3n) is 1.91. The Morgan fingerprint density at radius 3 is 2.27 bits per heavy atom. The maximum absolute atomic E-state index is 4.16. The van der Waals surface area contributed by atoms with E-state index in [0.717, 1.165) is 0 Å². The van der Waals surface area contributed by atoms with E-state index < -0.39 is 18.4 Å². The summed E-state index contributed by atoms with van der Waals surface area (Å²) < 4.78 is 1.55. The van der Waals surface area contributed by atoms with Gasteiger partial charge in [-0.05, 0) is 0 Å². The fourth-order valence-electron chi connectivity index (χ4n) is 0.799. The molecule has 0 aromatic rings. The molecule has 0 saturated heterocycles. The molecular weight excluding hydrogens is 239 g/mol. The van der Waals surface area contributed by atoms with Gasteiger partial charge < -0.3 is 0 Å². The van der Waals surface area contributed by atoms with Crippen LogP contribution in [0.4, 0.5) is 0 Å². The van der Waals surface area contributed by atoms with Crippen molar-refractivity contribution in [2.45, 2.75) is 34.6 Å². The van der Waals surface area contributed by atoms with Crippen molar-refractivity contribution in [1.29, 1.82) is 0 Å². The second-order valence-electron chi connectivity index (χ2n) is 3.96. The van der Waals surface area contributed by atoms with Crippen LogP contribution in [0.2, 0.25) is 14.8 Å². The quantitative estimate of drug-likeness (QED) is 0.532. The number of hydrogen-bond acceptors (Lipinski definition) is 0.